The van der Waals surface area contributed by atoms with Crippen molar-refractivity contribution < 1.29 is 9.18 Å². The first-order valence-electron chi connectivity index (χ1n) is 9.00. The van der Waals surface area contributed by atoms with Gasteiger partial charge in [0.15, 0.2) is 5.78 Å². The monoisotopic (exact) mass is 390 g/mol. The number of aryl methyl sites for hydroxylation is 2. The molecule has 0 aliphatic heterocycles. The summed E-state index contributed by atoms with van der Waals surface area (Å²) >= 11 is 1.67. The Morgan fingerprint density at radius 3 is 2.57 bits per heavy atom. The molecule has 0 fully saturated rings. The van der Waals surface area contributed by atoms with Crippen molar-refractivity contribution in [1.29, 1.82) is 0 Å². The number of thiazole rings is 1. The Hall–Kier alpha value is -3.05. The molecule has 1 heterocycles. The van der Waals surface area contributed by atoms with Gasteiger partial charge in [-0.1, -0.05) is 18.2 Å². The van der Waals surface area contributed by atoms with Crippen molar-refractivity contribution in [2.45, 2.75) is 13.8 Å². The summed E-state index contributed by atoms with van der Waals surface area (Å²) in [5.74, 6) is -0.509. The minimum Gasteiger partial charge on any atom is -0.378 e. The van der Waals surface area contributed by atoms with Crippen LogP contribution >= 0.6 is 11.3 Å². The molecule has 4 rings (SSSR count). The van der Waals surface area contributed by atoms with Crippen LogP contribution in [0.5, 0.6) is 0 Å². The lowest BCUT2D eigenvalue weighted by Gasteiger charge is -2.07. The van der Waals surface area contributed by atoms with Gasteiger partial charge in [0.05, 0.1) is 16.8 Å². The van der Waals surface area contributed by atoms with E-state index in [0.29, 0.717) is 11.1 Å². The minimum atomic E-state index is -0.360. The predicted octanol–water partition coefficient (Wildman–Crippen LogP) is 6.01. The SMILES string of the molecule is Cc1ccc2nc(-c3ccc(NCC(=O)c4ccc(C)c(F)c4)cc3)sc2c1. The summed E-state index contributed by atoms with van der Waals surface area (Å²) in [4.78, 5) is 17.0. The Balaban J connectivity index is 1.45. The van der Waals surface area contributed by atoms with Gasteiger partial charge < -0.3 is 5.32 Å². The molecule has 3 aromatic carbocycles. The van der Waals surface area contributed by atoms with E-state index >= 15 is 0 Å². The van der Waals surface area contributed by atoms with Crippen molar-refractivity contribution in [3.8, 4) is 10.6 Å². The second kappa shape index (κ2) is 7.52. The zero-order chi connectivity index (χ0) is 19.7. The summed E-state index contributed by atoms with van der Waals surface area (Å²) in [7, 11) is 0. The van der Waals surface area contributed by atoms with Crippen LogP contribution in [0.1, 0.15) is 21.5 Å². The number of benzene rings is 3. The molecule has 0 spiro atoms. The summed E-state index contributed by atoms with van der Waals surface area (Å²) in [6, 6.07) is 18.6. The van der Waals surface area contributed by atoms with Gasteiger partial charge in [-0.3, -0.25) is 4.79 Å². The Morgan fingerprint density at radius 2 is 1.82 bits per heavy atom. The largest absolute Gasteiger partial charge is 0.378 e. The first-order valence-corrected chi connectivity index (χ1v) is 9.82. The van der Waals surface area contributed by atoms with Crippen LogP contribution in [0.25, 0.3) is 20.8 Å². The maximum atomic E-state index is 13.6. The van der Waals surface area contributed by atoms with Gasteiger partial charge in [0.25, 0.3) is 0 Å². The van der Waals surface area contributed by atoms with Gasteiger partial charge in [0, 0.05) is 16.8 Å². The fourth-order valence-electron chi connectivity index (χ4n) is 2.94. The number of fused-ring (bicyclic) bond motifs is 1. The van der Waals surface area contributed by atoms with Gasteiger partial charge >= 0.3 is 0 Å². The molecule has 0 unspecified atom stereocenters. The average Bonchev–Trinajstić information content (AvgIpc) is 3.11. The van der Waals surface area contributed by atoms with Gasteiger partial charge in [-0.05, 0) is 67.4 Å². The van der Waals surface area contributed by atoms with Gasteiger partial charge in [-0.2, -0.15) is 0 Å². The first-order chi connectivity index (χ1) is 13.5. The standard InChI is InChI=1S/C23H19FN2OS/c1-14-3-10-20-22(11-14)28-23(26-20)16-6-8-18(9-7-16)25-13-21(27)17-5-4-15(2)19(24)12-17/h3-12,25H,13H2,1-2H3. The number of carbonyl (C=O) groups excluding carboxylic acids is 1. The zero-order valence-corrected chi connectivity index (χ0v) is 16.4. The molecule has 4 aromatic rings. The maximum absolute atomic E-state index is 13.6. The first kappa shape index (κ1) is 18.3. The zero-order valence-electron chi connectivity index (χ0n) is 15.6. The number of hydrogen-bond acceptors (Lipinski definition) is 4. The molecule has 0 aliphatic rings. The van der Waals surface area contributed by atoms with E-state index in [-0.39, 0.29) is 18.1 Å². The second-order valence-corrected chi connectivity index (χ2v) is 7.84. The maximum Gasteiger partial charge on any atom is 0.181 e. The highest BCUT2D eigenvalue weighted by Crippen LogP contribution is 2.31. The Bertz CT molecular complexity index is 1170. The smallest absolute Gasteiger partial charge is 0.181 e. The van der Waals surface area contributed by atoms with E-state index in [2.05, 4.69) is 24.4 Å². The molecule has 1 N–H and O–H groups in total. The Morgan fingerprint density at radius 1 is 1.04 bits per heavy atom. The van der Waals surface area contributed by atoms with Crippen LogP contribution < -0.4 is 5.32 Å². The number of nitrogens with one attached hydrogen (secondary N) is 1. The molecule has 0 atom stereocenters. The van der Waals surface area contributed by atoms with Crippen LogP contribution in [-0.4, -0.2) is 17.3 Å². The lowest BCUT2D eigenvalue weighted by Crippen LogP contribution is -2.14. The number of nitrogens with zero attached hydrogens (tertiary/aromatic N) is 1. The summed E-state index contributed by atoms with van der Waals surface area (Å²) < 4.78 is 14.8. The van der Waals surface area contributed by atoms with Gasteiger partial charge in [-0.15, -0.1) is 11.3 Å². The van der Waals surface area contributed by atoms with Crippen molar-refractivity contribution in [2.75, 3.05) is 11.9 Å². The van der Waals surface area contributed by atoms with Crippen LogP contribution in [-0.2, 0) is 0 Å². The number of anilines is 1. The lowest BCUT2D eigenvalue weighted by atomic mass is 10.1. The summed E-state index contributed by atoms with van der Waals surface area (Å²) in [6.07, 6.45) is 0. The number of ketones is 1. The van der Waals surface area contributed by atoms with Gasteiger partial charge in [0.2, 0.25) is 0 Å². The van der Waals surface area contributed by atoms with Crippen LogP contribution in [0.2, 0.25) is 0 Å². The summed E-state index contributed by atoms with van der Waals surface area (Å²) in [6.45, 7) is 3.86. The van der Waals surface area contributed by atoms with E-state index < -0.39 is 0 Å². The van der Waals surface area contributed by atoms with Crippen molar-refractivity contribution >= 4 is 33.0 Å². The highest BCUT2D eigenvalue weighted by atomic mass is 32.1. The lowest BCUT2D eigenvalue weighted by molar-refractivity contribution is 0.101. The van der Waals surface area contributed by atoms with Gasteiger partial charge in [0.1, 0.15) is 10.8 Å². The molecule has 1 aromatic heterocycles. The van der Waals surface area contributed by atoms with E-state index in [1.807, 2.05) is 30.3 Å². The number of rotatable bonds is 5. The molecule has 0 radical (unpaired) electrons. The third-order valence-corrected chi connectivity index (χ3v) is 5.69. The van der Waals surface area contributed by atoms with Crippen molar-refractivity contribution in [1.82, 2.24) is 4.98 Å². The van der Waals surface area contributed by atoms with E-state index in [1.165, 1.54) is 16.3 Å². The van der Waals surface area contributed by atoms with Crippen molar-refractivity contribution in [3.05, 3.63) is 83.2 Å². The molecule has 0 aliphatic carbocycles. The number of Topliss-reactive ketones (excluding diaryl/α,β-unsaturated/α-hetero) is 1. The fraction of sp³-hybridized carbons (Fsp3) is 0.130. The quantitative estimate of drug-likeness (QED) is 0.424. The average molecular weight is 390 g/mol. The van der Waals surface area contributed by atoms with Gasteiger partial charge in [-0.25, -0.2) is 9.37 Å². The third-order valence-electron chi connectivity index (χ3n) is 4.62. The molecule has 0 bridgehead atoms. The molecule has 28 heavy (non-hydrogen) atoms. The normalized spacial score (nSPS) is 11.0. The highest BCUT2D eigenvalue weighted by Gasteiger charge is 2.09. The molecule has 0 saturated heterocycles. The van der Waals surface area contributed by atoms with Crippen molar-refractivity contribution in [3.63, 3.8) is 0 Å². The van der Waals surface area contributed by atoms with Crippen LogP contribution in [0.4, 0.5) is 10.1 Å². The highest BCUT2D eigenvalue weighted by molar-refractivity contribution is 7.21. The number of hydrogen-bond donors (Lipinski definition) is 1. The second-order valence-electron chi connectivity index (χ2n) is 6.81. The van der Waals surface area contributed by atoms with E-state index in [0.717, 1.165) is 21.8 Å². The fourth-order valence-corrected chi connectivity index (χ4v) is 4.01. The van der Waals surface area contributed by atoms with E-state index in [4.69, 9.17) is 4.98 Å². The predicted molar refractivity (Wildman–Crippen MR) is 114 cm³/mol. The van der Waals surface area contributed by atoms with Crippen LogP contribution in [0.3, 0.4) is 0 Å². The molecule has 0 saturated carbocycles. The molecular weight excluding hydrogens is 371 g/mol. The number of carbonyl (C=O) groups is 1. The van der Waals surface area contributed by atoms with Crippen LogP contribution in [0, 0.1) is 19.7 Å². The Labute approximate surface area is 166 Å². The Kier molecular flexibility index (Phi) is 4.92. The van der Waals surface area contributed by atoms with E-state index in [9.17, 15) is 9.18 Å². The van der Waals surface area contributed by atoms with E-state index in [1.54, 1.807) is 30.4 Å². The molecule has 140 valence electrons. The molecular formula is C23H19FN2OS. The molecule has 5 heteroatoms. The number of halogens is 1. The topological polar surface area (TPSA) is 42.0 Å². The number of aromatic nitrogens is 1. The summed E-state index contributed by atoms with van der Waals surface area (Å²) in [5.41, 5.74) is 5.00. The molecule has 3 nitrogen and oxygen atoms in total. The summed E-state index contributed by atoms with van der Waals surface area (Å²) in [5, 5.41) is 4.07. The molecule has 0 amide bonds. The van der Waals surface area contributed by atoms with Crippen LogP contribution in [0.15, 0.2) is 60.7 Å². The minimum absolute atomic E-state index is 0.113. The van der Waals surface area contributed by atoms with Crippen molar-refractivity contribution in [2.24, 2.45) is 0 Å². The third kappa shape index (κ3) is 3.80.